The molecule has 6 heteroatoms. The van der Waals surface area contributed by atoms with Gasteiger partial charge in [0, 0.05) is 34.7 Å². The molecule has 0 radical (unpaired) electrons. The van der Waals surface area contributed by atoms with Gasteiger partial charge in [-0.15, -0.1) is 11.8 Å². The van der Waals surface area contributed by atoms with Gasteiger partial charge in [0.05, 0.1) is 0 Å². The maximum absolute atomic E-state index is 6.03. The van der Waals surface area contributed by atoms with Crippen LogP contribution in [0, 0.1) is 0 Å². The van der Waals surface area contributed by atoms with E-state index in [4.69, 9.17) is 11.6 Å². The molecule has 2 aromatic rings. The summed E-state index contributed by atoms with van der Waals surface area (Å²) in [6.07, 6.45) is 2.52. The molecule has 1 aromatic carbocycles. The number of thioether (sulfide) groups is 1. The van der Waals surface area contributed by atoms with Crippen LogP contribution in [-0.2, 0) is 13.0 Å². The number of rotatable bonds is 8. The van der Waals surface area contributed by atoms with E-state index in [2.05, 4.69) is 35.3 Å². The van der Waals surface area contributed by atoms with Crippen molar-refractivity contribution in [1.29, 1.82) is 0 Å². The van der Waals surface area contributed by atoms with E-state index >= 15 is 0 Å². The molecule has 4 nitrogen and oxygen atoms in total. The predicted octanol–water partition coefficient (Wildman–Crippen LogP) is 3.26. The Morgan fingerprint density at radius 1 is 1.38 bits per heavy atom. The van der Waals surface area contributed by atoms with E-state index in [0.29, 0.717) is 6.04 Å². The van der Waals surface area contributed by atoms with Crippen molar-refractivity contribution in [3.63, 3.8) is 0 Å². The van der Waals surface area contributed by atoms with Gasteiger partial charge in [0.25, 0.3) is 0 Å². The van der Waals surface area contributed by atoms with Gasteiger partial charge in [-0.2, -0.15) is 5.10 Å². The average Bonchev–Trinajstić information content (AvgIpc) is 2.92. The predicted molar refractivity (Wildman–Crippen MR) is 89.0 cm³/mol. The zero-order valence-electron chi connectivity index (χ0n) is 12.4. The number of nitrogens with one attached hydrogen (secondary N) is 1. The second-order valence-electron chi connectivity index (χ2n) is 4.72. The van der Waals surface area contributed by atoms with Crippen molar-refractivity contribution in [1.82, 2.24) is 20.1 Å². The lowest BCUT2D eigenvalue weighted by molar-refractivity contribution is 0.527. The molecule has 1 heterocycles. The Kier molecular flexibility index (Phi) is 6.54. The SMILES string of the molecule is CCNC(CSc1cccc(Cl)c1)Cc1ncnn1CC. The fraction of sp³-hybridized carbons (Fsp3) is 0.467. The van der Waals surface area contributed by atoms with Crippen molar-refractivity contribution in [3.8, 4) is 0 Å². The van der Waals surface area contributed by atoms with Gasteiger partial charge in [-0.3, -0.25) is 4.68 Å². The number of aryl methyl sites for hydroxylation is 1. The maximum atomic E-state index is 6.03. The summed E-state index contributed by atoms with van der Waals surface area (Å²) in [5.41, 5.74) is 0. The molecule has 0 saturated heterocycles. The van der Waals surface area contributed by atoms with Crippen molar-refractivity contribution in [3.05, 3.63) is 41.4 Å². The van der Waals surface area contributed by atoms with Crippen LogP contribution in [0.1, 0.15) is 19.7 Å². The van der Waals surface area contributed by atoms with Gasteiger partial charge in [0.15, 0.2) is 0 Å². The number of benzene rings is 1. The van der Waals surface area contributed by atoms with Crippen LogP contribution in [0.2, 0.25) is 5.02 Å². The van der Waals surface area contributed by atoms with Crippen LogP contribution in [0.5, 0.6) is 0 Å². The number of halogens is 1. The zero-order valence-corrected chi connectivity index (χ0v) is 14.0. The Morgan fingerprint density at radius 2 is 2.24 bits per heavy atom. The number of hydrogen-bond donors (Lipinski definition) is 1. The van der Waals surface area contributed by atoms with E-state index in [1.807, 2.05) is 34.6 Å². The second kappa shape index (κ2) is 8.41. The first-order valence-corrected chi connectivity index (χ1v) is 8.57. The Morgan fingerprint density at radius 3 is 2.95 bits per heavy atom. The first-order chi connectivity index (χ1) is 10.2. The van der Waals surface area contributed by atoms with Crippen LogP contribution in [0.3, 0.4) is 0 Å². The minimum absolute atomic E-state index is 0.369. The third kappa shape index (κ3) is 5.02. The molecule has 0 bridgehead atoms. The molecular weight excluding hydrogens is 304 g/mol. The quantitative estimate of drug-likeness (QED) is 0.757. The van der Waals surface area contributed by atoms with E-state index in [1.165, 1.54) is 4.90 Å². The first kappa shape index (κ1) is 16.3. The molecule has 0 spiro atoms. The minimum Gasteiger partial charge on any atom is -0.313 e. The minimum atomic E-state index is 0.369. The van der Waals surface area contributed by atoms with Gasteiger partial charge in [-0.1, -0.05) is 24.6 Å². The van der Waals surface area contributed by atoms with Crippen LogP contribution in [0.25, 0.3) is 0 Å². The van der Waals surface area contributed by atoms with Crippen molar-refractivity contribution in [2.45, 2.75) is 37.8 Å². The lowest BCUT2D eigenvalue weighted by Crippen LogP contribution is -2.34. The molecule has 0 amide bonds. The molecule has 21 heavy (non-hydrogen) atoms. The Labute approximate surface area is 135 Å². The van der Waals surface area contributed by atoms with Gasteiger partial charge >= 0.3 is 0 Å². The third-order valence-corrected chi connectivity index (χ3v) is 4.56. The first-order valence-electron chi connectivity index (χ1n) is 7.21. The molecule has 1 atom stereocenters. The summed E-state index contributed by atoms with van der Waals surface area (Å²) in [6.45, 7) is 6.01. The summed E-state index contributed by atoms with van der Waals surface area (Å²) in [5.74, 6) is 2.01. The monoisotopic (exact) mass is 324 g/mol. The Balaban J connectivity index is 1.95. The average molecular weight is 325 g/mol. The maximum Gasteiger partial charge on any atom is 0.138 e. The molecular formula is C15H21ClN4S. The summed E-state index contributed by atoms with van der Waals surface area (Å²) < 4.78 is 1.95. The fourth-order valence-corrected chi connectivity index (χ4v) is 3.43. The molecule has 1 aromatic heterocycles. The van der Waals surface area contributed by atoms with Crippen LogP contribution in [-0.4, -0.2) is 33.1 Å². The molecule has 2 rings (SSSR count). The van der Waals surface area contributed by atoms with E-state index in [1.54, 1.807) is 6.33 Å². The van der Waals surface area contributed by atoms with Crippen molar-refractivity contribution in [2.24, 2.45) is 0 Å². The van der Waals surface area contributed by atoms with Crippen LogP contribution >= 0.6 is 23.4 Å². The van der Waals surface area contributed by atoms with Gasteiger partial charge in [0.1, 0.15) is 12.2 Å². The van der Waals surface area contributed by atoms with Gasteiger partial charge in [0.2, 0.25) is 0 Å². The summed E-state index contributed by atoms with van der Waals surface area (Å²) in [4.78, 5) is 5.56. The largest absolute Gasteiger partial charge is 0.313 e. The summed E-state index contributed by atoms with van der Waals surface area (Å²) in [7, 11) is 0. The van der Waals surface area contributed by atoms with Crippen molar-refractivity contribution >= 4 is 23.4 Å². The highest BCUT2D eigenvalue weighted by molar-refractivity contribution is 7.99. The van der Waals surface area contributed by atoms with Gasteiger partial charge in [-0.25, -0.2) is 4.98 Å². The Hall–Kier alpha value is -1.04. The second-order valence-corrected chi connectivity index (χ2v) is 6.25. The number of likely N-dealkylation sites (N-methyl/N-ethyl adjacent to an activating group) is 1. The van der Waals surface area contributed by atoms with Crippen LogP contribution in [0.4, 0.5) is 0 Å². The van der Waals surface area contributed by atoms with Gasteiger partial charge < -0.3 is 5.32 Å². The molecule has 1 N–H and O–H groups in total. The summed E-state index contributed by atoms with van der Waals surface area (Å²) in [5, 5.41) is 8.54. The van der Waals surface area contributed by atoms with Crippen molar-refractivity contribution < 1.29 is 0 Å². The van der Waals surface area contributed by atoms with E-state index < -0.39 is 0 Å². The van der Waals surface area contributed by atoms with Crippen LogP contribution in [0.15, 0.2) is 35.5 Å². The molecule has 1 unspecified atom stereocenters. The van der Waals surface area contributed by atoms with Crippen molar-refractivity contribution in [2.75, 3.05) is 12.3 Å². The van der Waals surface area contributed by atoms with E-state index in [0.717, 1.165) is 36.1 Å². The topological polar surface area (TPSA) is 42.7 Å². The Bertz CT molecular complexity index is 558. The highest BCUT2D eigenvalue weighted by Gasteiger charge is 2.13. The van der Waals surface area contributed by atoms with E-state index in [-0.39, 0.29) is 0 Å². The standard InChI is InChI=1S/C15H21ClN4S/c1-3-17-13(9-15-18-11-19-20(15)4-2)10-21-14-7-5-6-12(16)8-14/h5-8,11,13,17H,3-4,9-10H2,1-2H3. The van der Waals surface area contributed by atoms with Crippen LogP contribution < -0.4 is 5.32 Å². The lowest BCUT2D eigenvalue weighted by atomic mass is 10.2. The highest BCUT2D eigenvalue weighted by atomic mass is 35.5. The molecule has 0 aliphatic carbocycles. The van der Waals surface area contributed by atoms with Gasteiger partial charge in [-0.05, 0) is 31.7 Å². The smallest absolute Gasteiger partial charge is 0.138 e. The molecule has 0 fully saturated rings. The lowest BCUT2D eigenvalue weighted by Gasteiger charge is -2.17. The summed E-state index contributed by atoms with van der Waals surface area (Å²) in [6, 6.07) is 8.35. The fourth-order valence-electron chi connectivity index (χ4n) is 2.16. The number of hydrogen-bond acceptors (Lipinski definition) is 4. The molecule has 0 aliphatic heterocycles. The zero-order chi connectivity index (χ0) is 15.1. The normalized spacial score (nSPS) is 12.5. The molecule has 0 saturated carbocycles. The number of aromatic nitrogens is 3. The molecule has 0 aliphatic rings. The van der Waals surface area contributed by atoms with E-state index in [9.17, 15) is 0 Å². The third-order valence-electron chi connectivity index (χ3n) is 3.16. The summed E-state index contributed by atoms with van der Waals surface area (Å²) >= 11 is 7.84. The highest BCUT2D eigenvalue weighted by Crippen LogP contribution is 2.22. The number of nitrogens with zero attached hydrogens (tertiary/aromatic N) is 3. The molecule has 114 valence electrons.